The van der Waals surface area contributed by atoms with Crippen molar-refractivity contribution in [3.05, 3.63) is 0 Å². The van der Waals surface area contributed by atoms with E-state index in [1.807, 2.05) is 0 Å². The Morgan fingerprint density at radius 2 is 1.57 bits per heavy atom. The summed E-state index contributed by atoms with van der Waals surface area (Å²) in [5.41, 5.74) is 0. The Hall–Kier alpha value is 0.110. The minimum Gasteiger partial charge on any atom is -0.756 e. The normalized spacial score (nSPS) is 17.4. The molecule has 3 atom stereocenters. The summed E-state index contributed by atoms with van der Waals surface area (Å²) in [6.45, 7) is 8.97. The fourth-order valence-corrected chi connectivity index (χ4v) is 3.22. The molecule has 0 radical (unpaired) electrons. The van der Waals surface area contributed by atoms with E-state index < -0.39 is 7.82 Å². The Morgan fingerprint density at radius 1 is 0.905 bits per heavy atom. The molecular weight excluding hydrogens is 287 g/mol. The minimum absolute atomic E-state index is 0.241. The van der Waals surface area contributed by atoms with Crippen LogP contribution < -0.4 is 4.89 Å². The van der Waals surface area contributed by atoms with Gasteiger partial charge >= 0.3 is 0 Å². The van der Waals surface area contributed by atoms with Gasteiger partial charge in [0.05, 0.1) is 13.2 Å². The van der Waals surface area contributed by atoms with Crippen LogP contribution >= 0.6 is 7.82 Å². The molecule has 0 saturated carbocycles. The molecule has 128 valence electrons. The van der Waals surface area contributed by atoms with Crippen LogP contribution in [0.1, 0.15) is 79.1 Å². The molecule has 0 N–H and O–H groups in total. The summed E-state index contributed by atoms with van der Waals surface area (Å²) in [7, 11) is -4.13. The van der Waals surface area contributed by atoms with Gasteiger partial charge in [0.2, 0.25) is 0 Å². The molecule has 0 aromatic heterocycles. The average Bonchev–Trinajstić information content (AvgIpc) is 2.46. The van der Waals surface area contributed by atoms with Crippen LogP contribution in [0.2, 0.25) is 0 Å². The van der Waals surface area contributed by atoms with Gasteiger partial charge in [0.15, 0.2) is 0 Å². The maximum Gasteiger partial charge on any atom is 0.267 e. The first-order valence-corrected chi connectivity index (χ1v) is 10.0. The lowest BCUT2D eigenvalue weighted by Gasteiger charge is -2.26. The van der Waals surface area contributed by atoms with Crippen molar-refractivity contribution in [3.8, 4) is 0 Å². The Bertz CT molecular complexity index is 283. The van der Waals surface area contributed by atoms with Gasteiger partial charge in [-0.15, -0.1) is 0 Å². The molecule has 0 aromatic rings. The highest BCUT2D eigenvalue weighted by Crippen LogP contribution is 2.39. The molecule has 0 aliphatic rings. The lowest BCUT2D eigenvalue weighted by molar-refractivity contribution is -0.226. The molecule has 0 fully saturated rings. The summed E-state index contributed by atoms with van der Waals surface area (Å²) in [5, 5.41) is 0. The first-order chi connectivity index (χ1) is 9.99. The zero-order valence-corrected chi connectivity index (χ0v) is 15.2. The third-order valence-corrected chi connectivity index (χ3v) is 5.03. The number of hydrogen-bond donors (Lipinski definition) is 0. The lowest BCUT2D eigenvalue weighted by atomic mass is 9.98. The molecule has 0 saturated heterocycles. The molecule has 4 nitrogen and oxygen atoms in total. The highest BCUT2D eigenvalue weighted by Gasteiger charge is 2.14. The van der Waals surface area contributed by atoms with Crippen LogP contribution in [0.5, 0.6) is 0 Å². The molecule has 0 rings (SSSR count). The fourth-order valence-electron chi connectivity index (χ4n) is 2.42. The predicted molar refractivity (Wildman–Crippen MR) is 86.1 cm³/mol. The Labute approximate surface area is 131 Å². The molecule has 0 amide bonds. The Balaban J connectivity index is 3.98. The zero-order valence-electron chi connectivity index (χ0n) is 14.3. The van der Waals surface area contributed by atoms with Crippen molar-refractivity contribution in [1.82, 2.24) is 0 Å². The number of phosphoric acid groups is 1. The first-order valence-electron chi connectivity index (χ1n) is 8.59. The summed E-state index contributed by atoms with van der Waals surface area (Å²) in [5.74, 6) is 0.849. The SMILES string of the molecule is CCCCC(CC)COP(=O)([O-])OCCC(CC)CCC. The highest BCUT2D eigenvalue weighted by atomic mass is 31.2. The second-order valence-electron chi connectivity index (χ2n) is 5.84. The average molecular weight is 321 g/mol. The van der Waals surface area contributed by atoms with Gasteiger partial charge in [-0.1, -0.05) is 66.2 Å². The van der Waals surface area contributed by atoms with Crippen LogP contribution in [-0.2, 0) is 13.6 Å². The standard InChI is InChI=1S/C16H35O4P/c1-5-9-11-16(8-4)14-20-21(17,18)19-13-12-15(7-3)10-6-2/h15-16H,5-14H2,1-4H3,(H,17,18)/p-1. The molecular formula is C16H34O4P-. The first kappa shape index (κ1) is 21.1. The van der Waals surface area contributed by atoms with Gasteiger partial charge in [-0.2, -0.15) is 0 Å². The van der Waals surface area contributed by atoms with Crippen LogP contribution in [0.4, 0.5) is 0 Å². The Morgan fingerprint density at radius 3 is 2.10 bits per heavy atom. The molecule has 0 aromatic carbocycles. The lowest BCUT2D eigenvalue weighted by Crippen LogP contribution is -2.15. The van der Waals surface area contributed by atoms with Crippen molar-refractivity contribution >= 4 is 7.82 Å². The predicted octanol–water partition coefficient (Wildman–Crippen LogP) is 4.92. The van der Waals surface area contributed by atoms with Gasteiger partial charge < -0.3 is 13.9 Å². The zero-order chi connectivity index (χ0) is 16.1. The van der Waals surface area contributed by atoms with Crippen molar-refractivity contribution in [2.45, 2.75) is 79.1 Å². The summed E-state index contributed by atoms with van der Waals surface area (Å²) >= 11 is 0. The molecule has 0 spiro atoms. The molecule has 0 bridgehead atoms. The molecule has 3 unspecified atom stereocenters. The van der Waals surface area contributed by atoms with Crippen LogP contribution in [0.15, 0.2) is 0 Å². The van der Waals surface area contributed by atoms with Crippen LogP contribution in [-0.4, -0.2) is 13.2 Å². The summed E-state index contributed by atoms with van der Waals surface area (Å²) < 4.78 is 21.8. The monoisotopic (exact) mass is 321 g/mol. The van der Waals surface area contributed by atoms with E-state index in [4.69, 9.17) is 9.05 Å². The van der Waals surface area contributed by atoms with Crippen LogP contribution in [0.3, 0.4) is 0 Å². The van der Waals surface area contributed by atoms with E-state index in [1.165, 1.54) is 0 Å². The van der Waals surface area contributed by atoms with E-state index >= 15 is 0 Å². The molecule has 0 aliphatic carbocycles. The van der Waals surface area contributed by atoms with Gasteiger partial charge in [0.25, 0.3) is 7.82 Å². The second-order valence-corrected chi connectivity index (χ2v) is 7.26. The van der Waals surface area contributed by atoms with Crippen molar-refractivity contribution in [2.75, 3.05) is 13.2 Å². The van der Waals surface area contributed by atoms with E-state index in [1.54, 1.807) is 0 Å². The number of rotatable bonds is 14. The van der Waals surface area contributed by atoms with Gasteiger partial charge in [0.1, 0.15) is 0 Å². The van der Waals surface area contributed by atoms with E-state index in [-0.39, 0.29) is 13.2 Å². The van der Waals surface area contributed by atoms with E-state index in [2.05, 4.69) is 27.7 Å². The third kappa shape index (κ3) is 11.3. The molecule has 5 heteroatoms. The summed E-state index contributed by atoms with van der Waals surface area (Å²) in [6.07, 6.45) is 8.29. The van der Waals surface area contributed by atoms with Crippen LogP contribution in [0, 0.1) is 11.8 Å². The van der Waals surface area contributed by atoms with Crippen molar-refractivity contribution in [3.63, 3.8) is 0 Å². The number of phosphoric ester groups is 1. The minimum atomic E-state index is -4.13. The second kappa shape index (κ2) is 12.6. The van der Waals surface area contributed by atoms with Crippen molar-refractivity contribution < 1.29 is 18.5 Å². The fraction of sp³-hybridized carbons (Fsp3) is 1.00. The van der Waals surface area contributed by atoms with Gasteiger partial charge in [-0.25, -0.2) is 0 Å². The quantitative estimate of drug-likeness (QED) is 0.426. The topological polar surface area (TPSA) is 58.6 Å². The largest absolute Gasteiger partial charge is 0.756 e. The van der Waals surface area contributed by atoms with Crippen LogP contribution in [0.25, 0.3) is 0 Å². The third-order valence-electron chi connectivity index (χ3n) is 4.06. The van der Waals surface area contributed by atoms with Gasteiger partial charge in [-0.3, -0.25) is 4.57 Å². The highest BCUT2D eigenvalue weighted by molar-refractivity contribution is 7.45. The summed E-state index contributed by atoms with van der Waals surface area (Å²) in [6, 6.07) is 0. The van der Waals surface area contributed by atoms with E-state index in [0.717, 1.165) is 51.4 Å². The number of hydrogen-bond acceptors (Lipinski definition) is 4. The molecule has 21 heavy (non-hydrogen) atoms. The van der Waals surface area contributed by atoms with Gasteiger partial charge in [-0.05, 0) is 24.7 Å². The smallest absolute Gasteiger partial charge is 0.267 e. The maximum atomic E-state index is 11.7. The van der Waals surface area contributed by atoms with Crippen molar-refractivity contribution in [1.29, 1.82) is 0 Å². The van der Waals surface area contributed by atoms with E-state index in [0.29, 0.717) is 11.8 Å². The Kier molecular flexibility index (Phi) is 12.7. The van der Waals surface area contributed by atoms with Crippen molar-refractivity contribution in [2.24, 2.45) is 11.8 Å². The molecule has 0 aliphatic heterocycles. The molecule has 0 heterocycles. The van der Waals surface area contributed by atoms with Gasteiger partial charge in [0, 0.05) is 0 Å². The summed E-state index contributed by atoms with van der Waals surface area (Å²) in [4.78, 5) is 11.7. The maximum absolute atomic E-state index is 11.7. The number of unbranched alkanes of at least 4 members (excludes halogenated alkanes) is 1. The van der Waals surface area contributed by atoms with E-state index in [9.17, 15) is 9.46 Å².